The molecule has 0 aromatic heterocycles. The van der Waals surface area contributed by atoms with Crippen LogP contribution in [0.1, 0.15) is 31.0 Å². The van der Waals surface area contributed by atoms with Gasteiger partial charge in [-0.1, -0.05) is 28.1 Å². The smallest absolute Gasteiger partial charge is 0.124 e. The Hall–Kier alpha value is -1.52. The fraction of sp³-hybridized carbons (Fsp3) is 0.294. The highest BCUT2D eigenvalue weighted by Crippen LogP contribution is 2.26. The number of rotatable bonds is 6. The fourth-order valence-corrected chi connectivity index (χ4v) is 2.44. The maximum absolute atomic E-state index is 9.44. The van der Waals surface area contributed by atoms with E-state index in [4.69, 9.17) is 4.74 Å². The fourth-order valence-electron chi connectivity index (χ4n) is 2.17. The molecule has 2 N–H and O–H groups in total. The average molecular weight is 350 g/mol. The van der Waals surface area contributed by atoms with E-state index in [1.54, 1.807) is 0 Å². The number of nitrogens with one attached hydrogen (secondary N) is 1. The number of benzene rings is 2. The second kappa shape index (κ2) is 7.48. The molecule has 2 aromatic carbocycles. The molecule has 112 valence electrons. The lowest BCUT2D eigenvalue weighted by Gasteiger charge is -2.17. The van der Waals surface area contributed by atoms with Crippen molar-refractivity contribution < 1.29 is 9.84 Å². The van der Waals surface area contributed by atoms with E-state index >= 15 is 0 Å². The van der Waals surface area contributed by atoms with Gasteiger partial charge in [0.05, 0.1) is 13.2 Å². The van der Waals surface area contributed by atoms with Gasteiger partial charge >= 0.3 is 0 Å². The Morgan fingerprint density at radius 1 is 1.19 bits per heavy atom. The Bertz CT molecular complexity index is 584. The lowest BCUT2D eigenvalue weighted by molar-refractivity contribution is 0.267. The summed E-state index contributed by atoms with van der Waals surface area (Å²) in [6.07, 6.45) is 0. The Labute approximate surface area is 134 Å². The summed E-state index contributed by atoms with van der Waals surface area (Å²) in [5.41, 5.74) is 2.97. The van der Waals surface area contributed by atoms with Crippen LogP contribution >= 0.6 is 15.9 Å². The maximum atomic E-state index is 9.44. The third-order valence-corrected chi connectivity index (χ3v) is 3.81. The molecule has 0 amide bonds. The molecule has 0 heterocycles. The summed E-state index contributed by atoms with van der Waals surface area (Å²) in [5.74, 6) is 0.738. The van der Waals surface area contributed by atoms with Gasteiger partial charge in [0.2, 0.25) is 0 Å². The van der Waals surface area contributed by atoms with Crippen LogP contribution in [-0.2, 0) is 6.61 Å². The zero-order valence-electron chi connectivity index (χ0n) is 12.3. The molecule has 3 nitrogen and oxygen atoms in total. The molecule has 2 rings (SSSR count). The third kappa shape index (κ3) is 4.22. The third-order valence-electron chi connectivity index (χ3n) is 3.28. The van der Waals surface area contributed by atoms with Gasteiger partial charge in [-0.2, -0.15) is 0 Å². The first-order chi connectivity index (χ1) is 10.1. The maximum Gasteiger partial charge on any atom is 0.124 e. The molecule has 4 heteroatoms. The van der Waals surface area contributed by atoms with Gasteiger partial charge in [-0.25, -0.2) is 0 Å². The zero-order chi connectivity index (χ0) is 15.2. The van der Waals surface area contributed by atoms with Crippen LogP contribution in [0.5, 0.6) is 5.75 Å². The number of hydrogen-bond acceptors (Lipinski definition) is 3. The Morgan fingerprint density at radius 3 is 2.52 bits per heavy atom. The Balaban J connectivity index is 2.13. The molecule has 1 atom stereocenters. The average Bonchev–Trinajstić information content (AvgIpc) is 2.49. The molecular weight excluding hydrogens is 330 g/mol. The predicted octanol–water partition coefficient (Wildman–Crippen LogP) is 4.51. The summed E-state index contributed by atoms with van der Waals surface area (Å²) in [6, 6.07) is 14.2. The summed E-state index contributed by atoms with van der Waals surface area (Å²) in [7, 11) is 0. The van der Waals surface area contributed by atoms with Crippen LogP contribution in [0.3, 0.4) is 0 Å². The first-order valence-electron chi connectivity index (χ1n) is 7.02. The van der Waals surface area contributed by atoms with Gasteiger partial charge in [0, 0.05) is 21.8 Å². The van der Waals surface area contributed by atoms with Crippen LogP contribution in [0.25, 0.3) is 0 Å². The van der Waals surface area contributed by atoms with Crippen LogP contribution in [0.15, 0.2) is 46.9 Å². The topological polar surface area (TPSA) is 41.5 Å². The van der Waals surface area contributed by atoms with Gasteiger partial charge in [-0.15, -0.1) is 0 Å². The Morgan fingerprint density at radius 2 is 1.90 bits per heavy atom. The van der Waals surface area contributed by atoms with Crippen LogP contribution in [-0.4, -0.2) is 11.7 Å². The van der Waals surface area contributed by atoms with E-state index in [9.17, 15) is 5.11 Å². The first-order valence-corrected chi connectivity index (χ1v) is 7.82. The second-order valence-corrected chi connectivity index (χ2v) is 5.75. The highest BCUT2D eigenvalue weighted by molar-refractivity contribution is 9.10. The lowest BCUT2D eigenvalue weighted by atomic mass is 10.1. The van der Waals surface area contributed by atoms with E-state index in [2.05, 4.69) is 40.3 Å². The number of aliphatic hydroxyl groups is 1. The zero-order valence-corrected chi connectivity index (χ0v) is 13.9. The summed E-state index contributed by atoms with van der Waals surface area (Å²) >= 11 is 3.44. The highest BCUT2D eigenvalue weighted by atomic mass is 79.9. The number of halogens is 1. The number of anilines is 1. The van der Waals surface area contributed by atoms with Crippen molar-refractivity contribution in [2.45, 2.75) is 26.5 Å². The number of hydrogen-bond donors (Lipinski definition) is 2. The molecular formula is C17H20BrNO2. The van der Waals surface area contributed by atoms with Crippen LogP contribution < -0.4 is 10.1 Å². The van der Waals surface area contributed by atoms with E-state index in [0.29, 0.717) is 6.61 Å². The van der Waals surface area contributed by atoms with Gasteiger partial charge in [-0.3, -0.25) is 0 Å². The van der Waals surface area contributed by atoms with E-state index in [1.165, 1.54) is 5.56 Å². The quantitative estimate of drug-likeness (QED) is 0.805. The van der Waals surface area contributed by atoms with E-state index in [0.717, 1.165) is 21.5 Å². The number of aliphatic hydroxyl groups excluding tert-OH is 1. The molecule has 0 saturated carbocycles. The van der Waals surface area contributed by atoms with Crippen molar-refractivity contribution >= 4 is 21.6 Å². The van der Waals surface area contributed by atoms with Gasteiger partial charge < -0.3 is 15.2 Å². The summed E-state index contributed by atoms with van der Waals surface area (Å²) in [5, 5.41) is 12.9. The minimum Gasteiger partial charge on any atom is -0.494 e. The van der Waals surface area contributed by atoms with Crippen molar-refractivity contribution in [2.75, 3.05) is 11.9 Å². The van der Waals surface area contributed by atoms with Crippen LogP contribution in [0, 0.1) is 0 Å². The van der Waals surface area contributed by atoms with Gasteiger partial charge in [0.1, 0.15) is 5.75 Å². The minimum absolute atomic E-state index is 0.0302. The van der Waals surface area contributed by atoms with Gasteiger partial charge in [0.15, 0.2) is 0 Å². The lowest BCUT2D eigenvalue weighted by Crippen LogP contribution is -2.07. The van der Waals surface area contributed by atoms with Gasteiger partial charge in [-0.05, 0) is 49.7 Å². The molecule has 0 aliphatic heterocycles. The molecule has 0 radical (unpaired) electrons. The molecule has 21 heavy (non-hydrogen) atoms. The summed E-state index contributed by atoms with van der Waals surface area (Å²) in [4.78, 5) is 0. The van der Waals surface area contributed by atoms with E-state index < -0.39 is 0 Å². The van der Waals surface area contributed by atoms with Crippen LogP contribution in [0.2, 0.25) is 0 Å². The Kier molecular flexibility index (Phi) is 5.65. The molecule has 0 aliphatic carbocycles. The monoisotopic (exact) mass is 349 g/mol. The molecule has 0 bridgehead atoms. The van der Waals surface area contributed by atoms with Crippen LogP contribution in [0.4, 0.5) is 5.69 Å². The first kappa shape index (κ1) is 15.9. The SMILES string of the molecule is CCOc1ccc(NC(C)c2ccc(Br)cc2)cc1CO. The molecule has 0 aliphatic rings. The molecule has 2 aromatic rings. The predicted molar refractivity (Wildman–Crippen MR) is 89.7 cm³/mol. The van der Waals surface area contributed by atoms with Crippen molar-refractivity contribution in [2.24, 2.45) is 0 Å². The second-order valence-electron chi connectivity index (χ2n) is 4.83. The molecule has 0 fully saturated rings. The van der Waals surface area contributed by atoms with Crippen molar-refractivity contribution in [3.63, 3.8) is 0 Å². The minimum atomic E-state index is -0.0302. The standard InChI is InChI=1S/C17H20BrNO2/c1-3-21-17-9-8-16(10-14(17)11-20)19-12(2)13-4-6-15(18)7-5-13/h4-10,12,19-20H,3,11H2,1-2H3. The van der Waals surface area contributed by atoms with Gasteiger partial charge in [0.25, 0.3) is 0 Å². The van der Waals surface area contributed by atoms with Crippen molar-refractivity contribution in [3.05, 3.63) is 58.1 Å². The molecule has 0 saturated heterocycles. The highest BCUT2D eigenvalue weighted by Gasteiger charge is 2.08. The summed E-state index contributed by atoms with van der Waals surface area (Å²) < 4.78 is 6.56. The molecule has 1 unspecified atom stereocenters. The normalized spacial score (nSPS) is 12.0. The number of ether oxygens (including phenoxy) is 1. The summed E-state index contributed by atoms with van der Waals surface area (Å²) in [6.45, 7) is 4.60. The van der Waals surface area contributed by atoms with E-state index in [-0.39, 0.29) is 12.6 Å². The molecule has 0 spiro atoms. The largest absolute Gasteiger partial charge is 0.494 e. The van der Waals surface area contributed by atoms with Crippen molar-refractivity contribution in [3.8, 4) is 5.75 Å². The van der Waals surface area contributed by atoms with E-state index in [1.807, 2.05) is 37.3 Å². The van der Waals surface area contributed by atoms with Crippen molar-refractivity contribution in [1.82, 2.24) is 0 Å². The van der Waals surface area contributed by atoms with Crippen molar-refractivity contribution in [1.29, 1.82) is 0 Å².